The molecule has 0 radical (unpaired) electrons. The van der Waals surface area contributed by atoms with Crippen LogP contribution in [0, 0.1) is 19.8 Å². The van der Waals surface area contributed by atoms with Crippen LogP contribution in [0.15, 0.2) is 48.5 Å². The normalized spacial score (nSPS) is 17.1. The van der Waals surface area contributed by atoms with Crippen molar-refractivity contribution in [2.24, 2.45) is 5.92 Å². The summed E-state index contributed by atoms with van der Waals surface area (Å²) in [5.74, 6) is -4.25. The highest BCUT2D eigenvalue weighted by atomic mass is 16.2. The maximum atomic E-state index is 12.7. The lowest BCUT2D eigenvalue weighted by Crippen LogP contribution is -2.61. The first-order valence-electron chi connectivity index (χ1n) is 8.00. The minimum Gasteiger partial charge on any atom is -0.325 e. The number of anilines is 2. The lowest BCUT2D eigenvalue weighted by molar-refractivity contribution is -0.139. The Morgan fingerprint density at radius 1 is 1.00 bits per heavy atom. The quantitative estimate of drug-likeness (QED) is 0.828. The number of imide groups is 2. The number of barbiturate groups is 1. The molecule has 1 heterocycles. The summed E-state index contributed by atoms with van der Waals surface area (Å²) in [5, 5.41) is 4.63. The van der Waals surface area contributed by atoms with E-state index in [-0.39, 0.29) is 5.69 Å². The van der Waals surface area contributed by atoms with E-state index in [1.807, 2.05) is 19.9 Å². The Bertz CT molecular complexity index is 908. The molecular formula is C19H17N3O4. The molecule has 0 bridgehead atoms. The highest BCUT2D eigenvalue weighted by Crippen LogP contribution is 2.22. The van der Waals surface area contributed by atoms with Gasteiger partial charge in [-0.3, -0.25) is 19.7 Å². The molecule has 7 heteroatoms. The van der Waals surface area contributed by atoms with E-state index < -0.39 is 29.7 Å². The Kier molecular flexibility index (Phi) is 4.53. The summed E-state index contributed by atoms with van der Waals surface area (Å²) in [6.45, 7) is 3.82. The van der Waals surface area contributed by atoms with Crippen molar-refractivity contribution in [1.82, 2.24) is 5.32 Å². The van der Waals surface area contributed by atoms with Crippen molar-refractivity contribution >= 4 is 35.1 Å². The molecule has 1 aliphatic rings. The van der Waals surface area contributed by atoms with E-state index in [4.69, 9.17) is 0 Å². The van der Waals surface area contributed by atoms with Crippen LogP contribution < -0.4 is 15.5 Å². The van der Waals surface area contributed by atoms with Gasteiger partial charge in [0.15, 0.2) is 5.92 Å². The lowest BCUT2D eigenvalue weighted by Gasteiger charge is -2.29. The van der Waals surface area contributed by atoms with Crippen LogP contribution >= 0.6 is 0 Å². The second-order valence-electron chi connectivity index (χ2n) is 6.02. The Morgan fingerprint density at radius 2 is 1.69 bits per heavy atom. The number of benzene rings is 2. The number of hydrogen-bond donors (Lipinski definition) is 2. The van der Waals surface area contributed by atoms with E-state index in [1.165, 1.54) is 0 Å². The average Bonchev–Trinajstić information content (AvgIpc) is 2.58. The number of nitrogens with zero attached hydrogens (tertiary/aromatic N) is 1. The fourth-order valence-electron chi connectivity index (χ4n) is 2.66. The largest absolute Gasteiger partial charge is 0.335 e. The summed E-state index contributed by atoms with van der Waals surface area (Å²) < 4.78 is 0. The topological polar surface area (TPSA) is 95.6 Å². The molecule has 1 fully saturated rings. The summed E-state index contributed by atoms with van der Waals surface area (Å²) in [4.78, 5) is 50.2. The van der Waals surface area contributed by atoms with Crippen LogP contribution in [0.25, 0.3) is 0 Å². The first kappa shape index (κ1) is 17.3. The SMILES string of the molecule is Cc1ccc(NC(=O)C2C(=O)NC(=O)N(c3ccccc3)C2=O)cc1C. The van der Waals surface area contributed by atoms with Gasteiger partial charge in [-0.25, -0.2) is 9.69 Å². The first-order chi connectivity index (χ1) is 12.4. The van der Waals surface area contributed by atoms with Crippen LogP contribution in [-0.4, -0.2) is 23.8 Å². The molecular weight excluding hydrogens is 334 g/mol. The predicted molar refractivity (Wildman–Crippen MR) is 95.5 cm³/mol. The van der Waals surface area contributed by atoms with Gasteiger partial charge in [-0.05, 0) is 49.2 Å². The van der Waals surface area contributed by atoms with Gasteiger partial charge < -0.3 is 5.32 Å². The molecule has 7 nitrogen and oxygen atoms in total. The van der Waals surface area contributed by atoms with Gasteiger partial charge in [-0.2, -0.15) is 0 Å². The molecule has 0 aromatic heterocycles. The van der Waals surface area contributed by atoms with Gasteiger partial charge in [0.2, 0.25) is 11.8 Å². The molecule has 3 rings (SSSR count). The van der Waals surface area contributed by atoms with Crippen molar-refractivity contribution in [1.29, 1.82) is 0 Å². The molecule has 1 atom stereocenters. The van der Waals surface area contributed by atoms with E-state index >= 15 is 0 Å². The minimum atomic E-state index is -1.64. The average molecular weight is 351 g/mol. The summed E-state index contributed by atoms with van der Waals surface area (Å²) in [6, 6.07) is 12.5. The lowest BCUT2D eigenvalue weighted by atomic mass is 10.0. The van der Waals surface area contributed by atoms with Crippen molar-refractivity contribution in [2.45, 2.75) is 13.8 Å². The van der Waals surface area contributed by atoms with Crippen molar-refractivity contribution in [3.8, 4) is 0 Å². The van der Waals surface area contributed by atoms with E-state index in [2.05, 4.69) is 10.6 Å². The number of para-hydroxylation sites is 1. The zero-order chi connectivity index (χ0) is 18.8. The maximum absolute atomic E-state index is 12.7. The molecule has 2 aromatic carbocycles. The molecule has 1 unspecified atom stereocenters. The van der Waals surface area contributed by atoms with Crippen LogP contribution in [0.4, 0.5) is 16.2 Å². The number of carbonyl (C=O) groups excluding carboxylic acids is 4. The molecule has 132 valence electrons. The Hall–Kier alpha value is -3.48. The zero-order valence-electron chi connectivity index (χ0n) is 14.3. The molecule has 0 aliphatic carbocycles. The van der Waals surface area contributed by atoms with Crippen LogP contribution in [-0.2, 0) is 14.4 Å². The molecule has 1 aliphatic heterocycles. The van der Waals surface area contributed by atoms with E-state index in [0.29, 0.717) is 5.69 Å². The van der Waals surface area contributed by atoms with Gasteiger partial charge in [-0.1, -0.05) is 24.3 Å². The van der Waals surface area contributed by atoms with Crippen molar-refractivity contribution < 1.29 is 19.2 Å². The molecule has 0 saturated carbocycles. The zero-order valence-corrected chi connectivity index (χ0v) is 14.3. The third kappa shape index (κ3) is 3.19. The van der Waals surface area contributed by atoms with Crippen LogP contribution in [0.5, 0.6) is 0 Å². The highest BCUT2D eigenvalue weighted by molar-refractivity contribution is 6.35. The maximum Gasteiger partial charge on any atom is 0.335 e. The third-order valence-corrected chi connectivity index (χ3v) is 4.21. The van der Waals surface area contributed by atoms with Crippen LogP contribution in [0.2, 0.25) is 0 Å². The summed E-state index contributed by atoms with van der Waals surface area (Å²) in [6.07, 6.45) is 0. The summed E-state index contributed by atoms with van der Waals surface area (Å²) in [5.41, 5.74) is 2.77. The Labute approximate surface area is 150 Å². The van der Waals surface area contributed by atoms with Gasteiger partial charge in [-0.15, -0.1) is 0 Å². The molecule has 1 saturated heterocycles. The number of nitrogens with one attached hydrogen (secondary N) is 2. The van der Waals surface area contributed by atoms with E-state index in [1.54, 1.807) is 42.5 Å². The highest BCUT2D eigenvalue weighted by Gasteiger charge is 2.45. The van der Waals surface area contributed by atoms with E-state index in [0.717, 1.165) is 16.0 Å². The Morgan fingerprint density at radius 3 is 2.35 bits per heavy atom. The van der Waals surface area contributed by atoms with Crippen molar-refractivity contribution in [2.75, 3.05) is 10.2 Å². The monoisotopic (exact) mass is 351 g/mol. The standard InChI is InChI=1S/C19H17N3O4/c1-11-8-9-13(10-12(11)2)20-16(23)15-17(24)21-19(26)22(18(15)25)14-6-4-3-5-7-14/h3-10,15H,1-2H3,(H,20,23)(H,21,24,26). The van der Waals surface area contributed by atoms with Crippen LogP contribution in [0.3, 0.4) is 0 Å². The minimum absolute atomic E-state index is 0.284. The predicted octanol–water partition coefficient (Wildman–Crippen LogP) is 2.14. The smallest absolute Gasteiger partial charge is 0.325 e. The van der Waals surface area contributed by atoms with Gasteiger partial charge in [0.25, 0.3) is 5.91 Å². The molecule has 2 aromatic rings. The first-order valence-corrected chi connectivity index (χ1v) is 8.00. The van der Waals surface area contributed by atoms with Gasteiger partial charge in [0, 0.05) is 5.69 Å². The molecule has 5 amide bonds. The molecule has 0 spiro atoms. The number of urea groups is 1. The third-order valence-electron chi connectivity index (χ3n) is 4.21. The van der Waals surface area contributed by atoms with E-state index in [9.17, 15) is 19.2 Å². The number of amides is 5. The van der Waals surface area contributed by atoms with Crippen LogP contribution in [0.1, 0.15) is 11.1 Å². The number of rotatable bonds is 3. The number of aryl methyl sites for hydroxylation is 2. The van der Waals surface area contributed by atoms with Gasteiger partial charge in [0.05, 0.1) is 5.69 Å². The van der Waals surface area contributed by atoms with Gasteiger partial charge in [0.1, 0.15) is 0 Å². The summed E-state index contributed by atoms with van der Waals surface area (Å²) >= 11 is 0. The number of carbonyl (C=O) groups is 4. The molecule has 2 N–H and O–H groups in total. The number of hydrogen-bond acceptors (Lipinski definition) is 4. The Balaban J connectivity index is 1.86. The fourth-order valence-corrected chi connectivity index (χ4v) is 2.66. The second kappa shape index (κ2) is 6.79. The van der Waals surface area contributed by atoms with Crippen molar-refractivity contribution in [3.63, 3.8) is 0 Å². The molecule has 26 heavy (non-hydrogen) atoms. The van der Waals surface area contributed by atoms with Crippen molar-refractivity contribution in [3.05, 3.63) is 59.7 Å². The summed E-state index contributed by atoms with van der Waals surface area (Å²) in [7, 11) is 0. The second-order valence-corrected chi connectivity index (χ2v) is 6.02. The fraction of sp³-hybridized carbons (Fsp3) is 0.158. The van der Waals surface area contributed by atoms with Gasteiger partial charge >= 0.3 is 6.03 Å².